The summed E-state index contributed by atoms with van der Waals surface area (Å²) < 4.78 is 0. The maximum atomic E-state index is 9.73. The van der Waals surface area contributed by atoms with Gasteiger partial charge in [-0.05, 0) is 0 Å². The number of carbonyl (C=O) groups is 1. The van der Waals surface area contributed by atoms with Crippen LogP contribution in [0.1, 0.15) is 0 Å². The molecule has 0 bridgehead atoms. The van der Waals surface area contributed by atoms with Crippen molar-refractivity contribution < 1.29 is 9.90 Å². The summed E-state index contributed by atoms with van der Waals surface area (Å²) in [5, 5.41) is 7.98. The first-order valence-electron chi connectivity index (χ1n) is 1.87. The summed E-state index contributed by atoms with van der Waals surface area (Å²) in [7, 11) is 0. The molecule has 0 aliphatic heterocycles. The molecular formula is C3H9BrN2O2. The van der Waals surface area contributed by atoms with Crippen LogP contribution in [0.15, 0.2) is 0 Å². The van der Waals surface area contributed by atoms with Gasteiger partial charge in [-0.3, -0.25) is 4.79 Å². The highest BCUT2D eigenvalue weighted by Crippen LogP contribution is 1.68. The molecule has 0 saturated heterocycles. The number of hydrogen-bond acceptors (Lipinski definition) is 3. The van der Waals surface area contributed by atoms with Crippen LogP contribution in [0.3, 0.4) is 0 Å². The van der Waals surface area contributed by atoms with Gasteiger partial charge in [0.2, 0.25) is 0 Å². The third-order valence-corrected chi connectivity index (χ3v) is 0.571. The van der Waals surface area contributed by atoms with Crippen molar-refractivity contribution >= 4 is 23.0 Å². The number of rotatable bonds is 2. The lowest BCUT2D eigenvalue weighted by molar-refractivity contribution is -0.138. The van der Waals surface area contributed by atoms with Crippen molar-refractivity contribution in [2.24, 2.45) is 11.5 Å². The van der Waals surface area contributed by atoms with E-state index in [1.807, 2.05) is 0 Å². The smallest absolute Gasteiger partial charge is 0.321 e. The molecule has 0 aromatic carbocycles. The Balaban J connectivity index is 0. The van der Waals surface area contributed by atoms with E-state index in [0.29, 0.717) is 0 Å². The van der Waals surface area contributed by atoms with Crippen LogP contribution in [0.2, 0.25) is 0 Å². The first-order chi connectivity index (χ1) is 3.18. The summed E-state index contributed by atoms with van der Waals surface area (Å²) in [5.74, 6) is -1.05. The fourth-order valence-corrected chi connectivity index (χ4v) is 0.101. The van der Waals surface area contributed by atoms with Gasteiger partial charge in [-0.15, -0.1) is 17.0 Å². The zero-order valence-corrected chi connectivity index (χ0v) is 5.92. The van der Waals surface area contributed by atoms with Gasteiger partial charge < -0.3 is 16.6 Å². The summed E-state index contributed by atoms with van der Waals surface area (Å²) in [6.45, 7) is -0.00463. The predicted molar refractivity (Wildman–Crippen MR) is 35.0 cm³/mol. The topological polar surface area (TPSA) is 89.3 Å². The third-order valence-electron chi connectivity index (χ3n) is 0.571. The first kappa shape index (κ1) is 10.8. The molecule has 50 valence electrons. The van der Waals surface area contributed by atoms with Gasteiger partial charge in [-0.1, -0.05) is 0 Å². The van der Waals surface area contributed by atoms with E-state index in [9.17, 15) is 4.79 Å². The largest absolute Gasteiger partial charge is 0.480 e. The van der Waals surface area contributed by atoms with Crippen LogP contribution in [0.25, 0.3) is 0 Å². The number of hydrogen-bond donors (Lipinski definition) is 3. The Hall–Kier alpha value is -0.130. The van der Waals surface area contributed by atoms with Crippen LogP contribution in [0, 0.1) is 0 Å². The van der Waals surface area contributed by atoms with E-state index in [-0.39, 0.29) is 23.5 Å². The van der Waals surface area contributed by atoms with Crippen molar-refractivity contribution in [2.75, 3.05) is 6.54 Å². The van der Waals surface area contributed by atoms with E-state index < -0.39 is 12.0 Å². The summed E-state index contributed by atoms with van der Waals surface area (Å²) in [4.78, 5) is 9.73. The van der Waals surface area contributed by atoms with E-state index in [2.05, 4.69) is 0 Å². The fraction of sp³-hybridized carbons (Fsp3) is 0.667. The van der Waals surface area contributed by atoms with Crippen molar-refractivity contribution in [3.8, 4) is 0 Å². The third kappa shape index (κ3) is 4.04. The molecule has 0 aliphatic carbocycles. The number of carboxylic acids is 1. The standard InChI is InChI=1S/C3H8N2O2.BrH/c4-1-2(5)3(6)7;/h2H,1,4-5H2,(H,6,7);1H/t2-;/m0./s1. The normalized spacial score (nSPS) is 11.8. The molecule has 0 unspecified atom stereocenters. The SMILES string of the molecule is Br.NC[C@H](N)C(=O)O. The molecule has 0 aliphatic rings. The van der Waals surface area contributed by atoms with Gasteiger partial charge in [-0.2, -0.15) is 0 Å². The van der Waals surface area contributed by atoms with Crippen molar-refractivity contribution in [1.29, 1.82) is 0 Å². The van der Waals surface area contributed by atoms with E-state index >= 15 is 0 Å². The second-order valence-electron chi connectivity index (χ2n) is 1.18. The highest BCUT2D eigenvalue weighted by atomic mass is 79.9. The Bertz CT molecular complexity index is 77.7. The van der Waals surface area contributed by atoms with Gasteiger partial charge in [0.1, 0.15) is 6.04 Å². The van der Waals surface area contributed by atoms with Gasteiger partial charge in [0.05, 0.1) is 0 Å². The molecule has 0 amide bonds. The van der Waals surface area contributed by atoms with E-state index in [1.54, 1.807) is 0 Å². The van der Waals surface area contributed by atoms with Gasteiger partial charge in [-0.25, -0.2) is 0 Å². The molecule has 1 atom stereocenters. The van der Waals surface area contributed by atoms with Gasteiger partial charge >= 0.3 is 5.97 Å². The molecule has 0 aromatic rings. The summed E-state index contributed by atoms with van der Waals surface area (Å²) >= 11 is 0. The van der Waals surface area contributed by atoms with Crippen LogP contribution in [-0.2, 0) is 4.79 Å². The van der Waals surface area contributed by atoms with E-state index in [4.69, 9.17) is 16.6 Å². The van der Waals surface area contributed by atoms with Crippen molar-refractivity contribution in [3.05, 3.63) is 0 Å². The van der Waals surface area contributed by atoms with Crippen molar-refractivity contribution in [3.63, 3.8) is 0 Å². The summed E-state index contributed by atoms with van der Waals surface area (Å²) in [5.41, 5.74) is 9.76. The Morgan fingerprint density at radius 2 is 2.12 bits per heavy atom. The molecule has 8 heavy (non-hydrogen) atoms. The maximum absolute atomic E-state index is 9.73. The summed E-state index contributed by atoms with van der Waals surface area (Å²) in [6, 6.07) is -0.903. The molecule has 0 radical (unpaired) electrons. The molecule has 0 spiro atoms. The van der Waals surface area contributed by atoms with E-state index in [1.165, 1.54) is 0 Å². The van der Waals surface area contributed by atoms with E-state index in [0.717, 1.165) is 0 Å². The molecule has 5 N–H and O–H groups in total. The second-order valence-corrected chi connectivity index (χ2v) is 1.18. The Morgan fingerprint density at radius 1 is 1.75 bits per heavy atom. The molecule has 0 heterocycles. The first-order valence-corrected chi connectivity index (χ1v) is 1.87. The van der Waals surface area contributed by atoms with Crippen LogP contribution < -0.4 is 11.5 Å². The minimum atomic E-state index is -1.05. The number of halogens is 1. The Kier molecular flexibility index (Phi) is 6.76. The molecule has 4 nitrogen and oxygen atoms in total. The Labute approximate surface area is 57.6 Å². The lowest BCUT2D eigenvalue weighted by Crippen LogP contribution is -2.37. The monoisotopic (exact) mass is 184 g/mol. The zero-order valence-electron chi connectivity index (χ0n) is 4.20. The predicted octanol–water partition coefficient (Wildman–Crippen LogP) is -1.07. The summed E-state index contributed by atoms with van der Waals surface area (Å²) in [6.07, 6.45) is 0. The highest BCUT2D eigenvalue weighted by Gasteiger charge is 2.05. The van der Waals surface area contributed by atoms with Crippen molar-refractivity contribution in [2.45, 2.75) is 6.04 Å². The Morgan fingerprint density at radius 3 is 2.12 bits per heavy atom. The fourth-order valence-electron chi connectivity index (χ4n) is 0.101. The second kappa shape index (κ2) is 5.02. The molecule has 0 fully saturated rings. The van der Waals surface area contributed by atoms with Crippen LogP contribution in [0.4, 0.5) is 0 Å². The average molecular weight is 185 g/mol. The molecule has 5 heteroatoms. The molecular weight excluding hydrogens is 176 g/mol. The van der Waals surface area contributed by atoms with Crippen LogP contribution >= 0.6 is 17.0 Å². The molecule has 0 aromatic heterocycles. The number of carboxylic acid groups (broad SMARTS) is 1. The van der Waals surface area contributed by atoms with Gasteiger partial charge in [0, 0.05) is 6.54 Å². The van der Waals surface area contributed by atoms with Gasteiger partial charge in [0.15, 0.2) is 0 Å². The van der Waals surface area contributed by atoms with Crippen LogP contribution in [-0.4, -0.2) is 23.7 Å². The van der Waals surface area contributed by atoms with Crippen molar-refractivity contribution in [1.82, 2.24) is 0 Å². The van der Waals surface area contributed by atoms with Gasteiger partial charge in [0.25, 0.3) is 0 Å². The minimum absolute atomic E-state index is 0. The lowest BCUT2D eigenvalue weighted by Gasteiger charge is -1.97. The average Bonchev–Trinajstić information content (AvgIpc) is 1.65. The zero-order chi connectivity index (χ0) is 5.86. The number of nitrogens with two attached hydrogens (primary N) is 2. The lowest BCUT2D eigenvalue weighted by atomic mass is 10.3. The molecule has 0 rings (SSSR count). The highest BCUT2D eigenvalue weighted by molar-refractivity contribution is 8.93. The number of aliphatic carboxylic acids is 1. The maximum Gasteiger partial charge on any atom is 0.321 e. The minimum Gasteiger partial charge on any atom is -0.480 e. The molecule has 0 saturated carbocycles. The quantitative estimate of drug-likeness (QED) is 0.511. The van der Waals surface area contributed by atoms with Crippen LogP contribution in [0.5, 0.6) is 0 Å².